The van der Waals surface area contributed by atoms with Gasteiger partial charge in [-0.05, 0) is 30.5 Å². The molecule has 0 bridgehead atoms. The van der Waals surface area contributed by atoms with Crippen molar-refractivity contribution < 1.29 is 19.1 Å². The first-order valence-electron chi connectivity index (χ1n) is 8.73. The standard InChI is InChI=1S/C20H24N2O4/c1-3-16(4-2)26-18(23)13-22-20(24)19-17(11-8-12-21-19)25-14-15-9-6-5-7-10-15/h5-12,16H,3-4,13-14H2,1-2H3,(H,22,24). The van der Waals surface area contributed by atoms with Crippen molar-refractivity contribution in [3.8, 4) is 5.75 Å². The average Bonchev–Trinajstić information content (AvgIpc) is 2.69. The summed E-state index contributed by atoms with van der Waals surface area (Å²) in [6.07, 6.45) is 2.87. The molecular formula is C20H24N2O4. The first-order chi connectivity index (χ1) is 12.6. The summed E-state index contributed by atoms with van der Waals surface area (Å²) >= 11 is 0. The number of amides is 1. The summed E-state index contributed by atoms with van der Waals surface area (Å²) in [6, 6.07) is 13.0. The largest absolute Gasteiger partial charge is 0.486 e. The Labute approximate surface area is 153 Å². The van der Waals surface area contributed by atoms with Crippen molar-refractivity contribution in [3.63, 3.8) is 0 Å². The Morgan fingerprint density at radius 1 is 1.08 bits per heavy atom. The number of benzene rings is 1. The predicted octanol–water partition coefficient (Wildman–Crippen LogP) is 3.12. The molecule has 0 unspecified atom stereocenters. The van der Waals surface area contributed by atoms with Gasteiger partial charge >= 0.3 is 5.97 Å². The van der Waals surface area contributed by atoms with Crippen molar-refractivity contribution in [3.05, 3.63) is 59.9 Å². The second-order valence-corrected chi connectivity index (χ2v) is 5.74. The van der Waals surface area contributed by atoms with Crippen LogP contribution in [0.3, 0.4) is 0 Å². The van der Waals surface area contributed by atoms with Gasteiger partial charge in [0.25, 0.3) is 5.91 Å². The fraction of sp³-hybridized carbons (Fsp3) is 0.350. The highest BCUT2D eigenvalue weighted by Gasteiger charge is 2.17. The molecule has 26 heavy (non-hydrogen) atoms. The summed E-state index contributed by atoms with van der Waals surface area (Å²) in [5.74, 6) is -0.577. The maximum Gasteiger partial charge on any atom is 0.325 e. The molecule has 0 fully saturated rings. The van der Waals surface area contributed by atoms with E-state index in [1.165, 1.54) is 6.20 Å². The number of esters is 1. The first-order valence-corrected chi connectivity index (χ1v) is 8.73. The van der Waals surface area contributed by atoms with Gasteiger partial charge in [0, 0.05) is 6.20 Å². The van der Waals surface area contributed by atoms with Crippen LogP contribution in [0.1, 0.15) is 42.7 Å². The minimum atomic E-state index is -0.477. The molecule has 1 aromatic carbocycles. The van der Waals surface area contributed by atoms with Crippen molar-refractivity contribution in [2.75, 3.05) is 6.54 Å². The molecule has 2 rings (SSSR count). The van der Waals surface area contributed by atoms with Gasteiger partial charge < -0.3 is 14.8 Å². The van der Waals surface area contributed by atoms with Crippen LogP contribution in [0.2, 0.25) is 0 Å². The highest BCUT2D eigenvalue weighted by Crippen LogP contribution is 2.17. The molecule has 0 saturated carbocycles. The van der Waals surface area contributed by atoms with E-state index in [2.05, 4.69) is 10.3 Å². The highest BCUT2D eigenvalue weighted by molar-refractivity contribution is 5.96. The number of carbonyl (C=O) groups is 2. The van der Waals surface area contributed by atoms with Crippen LogP contribution >= 0.6 is 0 Å². The van der Waals surface area contributed by atoms with Crippen molar-refractivity contribution in [1.29, 1.82) is 0 Å². The normalized spacial score (nSPS) is 10.4. The summed E-state index contributed by atoms with van der Waals surface area (Å²) in [5, 5.41) is 2.53. The van der Waals surface area contributed by atoms with E-state index >= 15 is 0 Å². The van der Waals surface area contributed by atoms with Gasteiger partial charge in [-0.15, -0.1) is 0 Å². The third kappa shape index (κ3) is 5.88. The Kier molecular flexibility index (Phi) is 7.61. The Balaban J connectivity index is 1.93. The van der Waals surface area contributed by atoms with Gasteiger partial charge in [-0.3, -0.25) is 9.59 Å². The lowest BCUT2D eigenvalue weighted by Gasteiger charge is -2.14. The fourth-order valence-electron chi connectivity index (χ4n) is 2.33. The van der Waals surface area contributed by atoms with E-state index in [9.17, 15) is 9.59 Å². The molecule has 0 radical (unpaired) electrons. The van der Waals surface area contributed by atoms with Gasteiger partial charge in [0.2, 0.25) is 0 Å². The summed E-state index contributed by atoms with van der Waals surface area (Å²) in [7, 11) is 0. The van der Waals surface area contributed by atoms with Crippen molar-refractivity contribution in [1.82, 2.24) is 10.3 Å². The quantitative estimate of drug-likeness (QED) is 0.699. The minimum Gasteiger partial charge on any atom is -0.486 e. The van der Waals surface area contributed by atoms with Gasteiger partial charge in [-0.1, -0.05) is 44.2 Å². The topological polar surface area (TPSA) is 77.5 Å². The number of pyridine rings is 1. The predicted molar refractivity (Wildman–Crippen MR) is 97.8 cm³/mol. The lowest BCUT2D eigenvalue weighted by molar-refractivity contribution is -0.148. The van der Waals surface area contributed by atoms with Crippen LogP contribution in [0.15, 0.2) is 48.7 Å². The van der Waals surface area contributed by atoms with Crippen LogP contribution in [-0.4, -0.2) is 29.5 Å². The van der Waals surface area contributed by atoms with Gasteiger partial charge in [0.1, 0.15) is 19.3 Å². The molecule has 0 aliphatic rings. The van der Waals surface area contributed by atoms with E-state index in [4.69, 9.17) is 9.47 Å². The number of hydrogen-bond donors (Lipinski definition) is 1. The summed E-state index contributed by atoms with van der Waals surface area (Å²) in [5.41, 5.74) is 1.12. The average molecular weight is 356 g/mol. The zero-order valence-corrected chi connectivity index (χ0v) is 15.1. The molecule has 1 amide bonds. The van der Waals surface area contributed by atoms with E-state index in [1.54, 1.807) is 12.1 Å². The van der Waals surface area contributed by atoms with Crippen LogP contribution in [0.5, 0.6) is 5.75 Å². The third-order valence-corrected chi connectivity index (χ3v) is 3.83. The monoisotopic (exact) mass is 356 g/mol. The minimum absolute atomic E-state index is 0.126. The van der Waals surface area contributed by atoms with Gasteiger partial charge in [-0.2, -0.15) is 0 Å². The molecule has 0 saturated heterocycles. The first kappa shape index (κ1) is 19.4. The van der Waals surface area contributed by atoms with Crippen LogP contribution < -0.4 is 10.1 Å². The van der Waals surface area contributed by atoms with E-state index in [-0.39, 0.29) is 18.3 Å². The highest BCUT2D eigenvalue weighted by atomic mass is 16.5. The molecule has 0 aliphatic heterocycles. The molecular weight excluding hydrogens is 332 g/mol. The lowest BCUT2D eigenvalue weighted by Crippen LogP contribution is -2.33. The zero-order chi connectivity index (χ0) is 18.8. The smallest absolute Gasteiger partial charge is 0.325 e. The molecule has 0 atom stereocenters. The van der Waals surface area contributed by atoms with E-state index in [1.807, 2.05) is 44.2 Å². The Bertz CT molecular complexity index is 715. The van der Waals surface area contributed by atoms with Gasteiger partial charge in [0.15, 0.2) is 11.4 Å². The van der Waals surface area contributed by atoms with Crippen LogP contribution in [-0.2, 0) is 16.1 Å². The fourth-order valence-corrected chi connectivity index (χ4v) is 2.33. The SMILES string of the molecule is CCC(CC)OC(=O)CNC(=O)c1ncccc1OCc1ccccc1. The molecule has 1 heterocycles. The molecule has 6 heteroatoms. The van der Waals surface area contributed by atoms with Crippen LogP contribution in [0.4, 0.5) is 0 Å². The molecule has 0 aliphatic carbocycles. The van der Waals surface area contributed by atoms with Crippen molar-refractivity contribution in [2.45, 2.75) is 39.4 Å². The molecule has 1 N–H and O–H groups in total. The van der Waals surface area contributed by atoms with Crippen molar-refractivity contribution >= 4 is 11.9 Å². The molecule has 0 spiro atoms. The van der Waals surface area contributed by atoms with Crippen LogP contribution in [0.25, 0.3) is 0 Å². The summed E-state index contributed by atoms with van der Waals surface area (Å²) < 4.78 is 11.0. The molecule has 2 aromatic rings. The zero-order valence-electron chi connectivity index (χ0n) is 15.1. The van der Waals surface area contributed by atoms with E-state index in [0.29, 0.717) is 12.4 Å². The number of nitrogens with zero attached hydrogens (tertiary/aromatic N) is 1. The Morgan fingerprint density at radius 3 is 2.50 bits per heavy atom. The molecule has 138 valence electrons. The number of ether oxygens (including phenoxy) is 2. The second kappa shape index (κ2) is 10.2. The number of hydrogen-bond acceptors (Lipinski definition) is 5. The van der Waals surface area contributed by atoms with Gasteiger partial charge in [0.05, 0.1) is 0 Å². The Hall–Kier alpha value is -2.89. The summed E-state index contributed by atoms with van der Waals surface area (Å²) in [6.45, 7) is 4.02. The number of carbonyl (C=O) groups excluding carboxylic acids is 2. The molecule has 6 nitrogen and oxygen atoms in total. The maximum atomic E-state index is 12.3. The van der Waals surface area contributed by atoms with Crippen LogP contribution in [0, 0.1) is 0 Å². The van der Waals surface area contributed by atoms with Crippen molar-refractivity contribution in [2.24, 2.45) is 0 Å². The van der Waals surface area contributed by atoms with Gasteiger partial charge in [-0.25, -0.2) is 4.98 Å². The molecule has 1 aromatic heterocycles. The second-order valence-electron chi connectivity index (χ2n) is 5.74. The number of aromatic nitrogens is 1. The third-order valence-electron chi connectivity index (χ3n) is 3.83. The summed E-state index contributed by atoms with van der Waals surface area (Å²) in [4.78, 5) is 28.2. The maximum absolute atomic E-state index is 12.3. The number of rotatable bonds is 9. The van der Waals surface area contributed by atoms with E-state index in [0.717, 1.165) is 18.4 Å². The number of nitrogens with one attached hydrogen (secondary N) is 1. The Morgan fingerprint density at radius 2 is 1.81 bits per heavy atom. The lowest BCUT2D eigenvalue weighted by atomic mass is 10.2. The van der Waals surface area contributed by atoms with E-state index < -0.39 is 11.9 Å².